The highest BCUT2D eigenvalue weighted by atomic mass is 32.2. The molecule has 5 nitrogen and oxygen atoms in total. The lowest BCUT2D eigenvalue weighted by Crippen LogP contribution is -2.35. The molecule has 27 heavy (non-hydrogen) atoms. The molecule has 0 aromatic heterocycles. The van der Waals surface area contributed by atoms with Crippen molar-refractivity contribution in [3.8, 4) is 0 Å². The average molecular weight is 383 g/mol. The molecule has 3 aromatic rings. The van der Waals surface area contributed by atoms with Crippen LogP contribution < -0.4 is 0 Å². The number of rotatable bonds is 2. The highest BCUT2D eigenvalue weighted by Gasteiger charge is 2.38. The first-order valence-corrected chi connectivity index (χ1v) is 9.50. The molecule has 0 saturated carbocycles. The number of carbonyl (C=O) groups excluding carboxylic acids is 1. The van der Waals surface area contributed by atoms with Gasteiger partial charge in [-0.05, 0) is 35.0 Å². The van der Waals surface area contributed by atoms with E-state index in [0.29, 0.717) is 0 Å². The number of allylic oxidation sites excluding steroid dienone is 1. The Kier molecular flexibility index (Phi) is 3.78. The Labute approximate surface area is 155 Å². The summed E-state index contributed by atoms with van der Waals surface area (Å²) >= 11 is 0. The van der Waals surface area contributed by atoms with E-state index in [1.54, 1.807) is 18.2 Å². The van der Waals surface area contributed by atoms with Crippen LogP contribution >= 0.6 is 0 Å². The minimum absolute atomic E-state index is 0.220. The fourth-order valence-corrected chi connectivity index (χ4v) is 4.55. The predicted octanol–water partition coefficient (Wildman–Crippen LogP) is 3.72. The number of nitrogens with zero attached hydrogens (tertiary/aromatic N) is 1. The number of hydrogen-bond donors (Lipinski definition) is 1. The smallest absolute Gasteiger partial charge is 0.265 e. The fourth-order valence-electron chi connectivity index (χ4n) is 3.17. The van der Waals surface area contributed by atoms with E-state index >= 15 is 0 Å². The summed E-state index contributed by atoms with van der Waals surface area (Å²) in [5, 5.41) is 12.3. The van der Waals surface area contributed by atoms with Gasteiger partial charge >= 0.3 is 0 Å². The monoisotopic (exact) mass is 383 g/mol. The zero-order valence-electron chi connectivity index (χ0n) is 14.2. The molecule has 1 heterocycles. The van der Waals surface area contributed by atoms with Gasteiger partial charge in [0.25, 0.3) is 10.0 Å². The Hall–Kier alpha value is -3.19. The average Bonchev–Trinajstić information content (AvgIpc) is 2.66. The van der Waals surface area contributed by atoms with Crippen LogP contribution in [0.15, 0.2) is 71.3 Å². The predicted molar refractivity (Wildman–Crippen MR) is 99.2 cm³/mol. The maximum absolute atomic E-state index is 13.6. The summed E-state index contributed by atoms with van der Waals surface area (Å²) in [6, 6.07) is 15.3. The lowest BCUT2D eigenvalue weighted by atomic mass is 10.0. The van der Waals surface area contributed by atoms with Crippen molar-refractivity contribution in [2.45, 2.75) is 4.90 Å². The number of aliphatic hydroxyl groups excluding tert-OH is 1. The molecule has 0 aliphatic carbocycles. The maximum atomic E-state index is 13.6. The Morgan fingerprint density at radius 1 is 1.00 bits per heavy atom. The van der Waals surface area contributed by atoms with Crippen LogP contribution in [0.4, 0.5) is 4.39 Å². The molecule has 1 N–H and O–H groups in total. The van der Waals surface area contributed by atoms with Gasteiger partial charge in [-0.25, -0.2) is 12.8 Å². The SMILES string of the molecule is CN1C(C(=O)c2ccc3ccccc3c2)=C(O)c2cc(F)ccc2S1(=O)=O. The third-order valence-electron chi connectivity index (χ3n) is 4.60. The molecule has 0 spiro atoms. The molecule has 136 valence electrons. The van der Waals surface area contributed by atoms with Gasteiger partial charge in [-0.1, -0.05) is 36.4 Å². The van der Waals surface area contributed by atoms with Gasteiger partial charge in [0.1, 0.15) is 11.5 Å². The molecule has 0 saturated heterocycles. The van der Waals surface area contributed by atoms with E-state index in [2.05, 4.69) is 0 Å². The molecule has 0 atom stereocenters. The molecule has 4 rings (SSSR count). The Morgan fingerprint density at radius 3 is 2.44 bits per heavy atom. The first kappa shape index (κ1) is 17.2. The normalized spacial score (nSPS) is 15.7. The molecule has 7 heteroatoms. The van der Waals surface area contributed by atoms with Crippen LogP contribution in [0.5, 0.6) is 0 Å². The second kappa shape index (κ2) is 5.92. The summed E-state index contributed by atoms with van der Waals surface area (Å²) in [5.41, 5.74) is -0.419. The Bertz CT molecular complexity index is 1250. The van der Waals surface area contributed by atoms with Crippen LogP contribution in [-0.2, 0) is 10.0 Å². The topological polar surface area (TPSA) is 74.7 Å². The van der Waals surface area contributed by atoms with Crippen molar-refractivity contribution >= 4 is 32.3 Å². The largest absolute Gasteiger partial charge is 0.505 e. The van der Waals surface area contributed by atoms with Gasteiger partial charge in [-0.2, -0.15) is 0 Å². The van der Waals surface area contributed by atoms with Gasteiger partial charge in [0.05, 0.1) is 4.90 Å². The molecule has 0 bridgehead atoms. The summed E-state index contributed by atoms with van der Waals surface area (Å²) in [5.74, 6) is -1.95. The highest BCUT2D eigenvalue weighted by molar-refractivity contribution is 7.89. The molecule has 1 aliphatic heterocycles. The van der Waals surface area contributed by atoms with Crippen LogP contribution in [0.3, 0.4) is 0 Å². The van der Waals surface area contributed by atoms with Gasteiger partial charge < -0.3 is 5.11 Å². The van der Waals surface area contributed by atoms with Crippen LogP contribution in [-0.4, -0.2) is 30.7 Å². The van der Waals surface area contributed by atoms with Crippen molar-refractivity contribution in [1.82, 2.24) is 4.31 Å². The zero-order chi connectivity index (χ0) is 19.3. The number of likely N-dealkylation sites (N-methyl/N-ethyl adjacent to an activating group) is 1. The second-order valence-electron chi connectivity index (χ2n) is 6.20. The molecule has 3 aromatic carbocycles. The summed E-state index contributed by atoms with van der Waals surface area (Å²) in [6.07, 6.45) is 0. The van der Waals surface area contributed by atoms with Crippen molar-refractivity contribution in [2.75, 3.05) is 7.05 Å². The summed E-state index contributed by atoms with van der Waals surface area (Å²) < 4.78 is 39.8. The van der Waals surface area contributed by atoms with Crippen LogP contribution in [0, 0.1) is 5.82 Å². The Balaban J connectivity index is 1.93. The van der Waals surface area contributed by atoms with Gasteiger partial charge in [0.2, 0.25) is 5.78 Å². The number of aliphatic hydroxyl groups is 1. The first-order valence-electron chi connectivity index (χ1n) is 8.06. The summed E-state index contributed by atoms with van der Waals surface area (Å²) in [4.78, 5) is 12.8. The number of ketones is 1. The number of fused-ring (bicyclic) bond motifs is 2. The molecule has 0 radical (unpaired) electrons. The van der Waals surface area contributed by atoms with Gasteiger partial charge in [0.15, 0.2) is 5.76 Å². The molecular weight excluding hydrogens is 369 g/mol. The number of carbonyl (C=O) groups is 1. The minimum atomic E-state index is -4.09. The number of halogens is 1. The third-order valence-corrected chi connectivity index (χ3v) is 6.42. The minimum Gasteiger partial charge on any atom is -0.505 e. The van der Waals surface area contributed by atoms with E-state index < -0.39 is 33.1 Å². The summed E-state index contributed by atoms with van der Waals surface area (Å²) in [6.45, 7) is 0. The number of Topliss-reactive ketones (excluding diaryl/α,β-unsaturated/α-hetero) is 1. The maximum Gasteiger partial charge on any atom is 0.265 e. The van der Waals surface area contributed by atoms with E-state index in [0.717, 1.165) is 33.3 Å². The second-order valence-corrected chi connectivity index (χ2v) is 8.14. The van der Waals surface area contributed by atoms with Gasteiger partial charge in [-0.3, -0.25) is 9.10 Å². The van der Waals surface area contributed by atoms with Crippen molar-refractivity contribution in [1.29, 1.82) is 0 Å². The van der Waals surface area contributed by atoms with E-state index in [-0.39, 0.29) is 16.0 Å². The van der Waals surface area contributed by atoms with Crippen LogP contribution in [0.1, 0.15) is 15.9 Å². The number of hydrogen-bond acceptors (Lipinski definition) is 4. The third kappa shape index (κ3) is 2.59. The summed E-state index contributed by atoms with van der Waals surface area (Å²) in [7, 11) is -2.90. The quantitative estimate of drug-likeness (QED) is 0.685. The lowest BCUT2D eigenvalue weighted by molar-refractivity contribution is 0.101. The molecule has 0 fully saturated rings. The van der Waals surface area contributed by atoms with Crippen molar-refractivity contribution in [3.63, 3.8) is 0 Å². The number of sulfonamides is 1. The van der Waals surface area contributed by atoms with Crippen molar-refractivity contribution < 1.29 is 22.7 Å². The highest BCUT2D eigenvalue weighted by Crippen LogP contribution is 2.36. The standard InChI is InChI=1S/C20H14FNO4S/c1-22-18(19(23)14-7-6-12-4-2-3-5-13(12)10-14)20(24)16-11-15(21)8-9-17(16)27(22,25)26/h2-11,24H,1H3. The van der Waals surface area contributed by atoms with E-state index in [1.807, 2.05) is 24.3 Å². The van der Waals surface area contributed by atoms with E-state index in [9.17, 15) is 22.7 Å². The molecule has 1 aliphatic rings. The Morgan fingerprint density at radius 2 is 1.70 bits per heavy atom. The van der Waals surface area contributed by atoms with Crippen LogP contribution in [0.2, 0.25) is 0 Å². The van der Waals surface area contributed by atoms with E-state index in [4.69, 9.17) is 0 Å². The van der Waals surface area contributed by atoms with E-state index in [1.165, 1.54) is 7.05 Å². The van der Waals surface area contributed by atoms with Crippen LogP contribution in [0.25, 0.3) is 16.5 Å². The van der Waals surface area contributed by atoms with Crippen molar-refractivity contribution in [3.05, 3.63) is 83.3 Å². The molecule has 0 amide bonds. The zero-order valence-corrected chi connectivity index (χ0v) is 15.0. The van der Waals surface area contributed by atoms with Gasteiger partial charge in [-0.15, -0.1) is 0 Å². The van der Waals surface area contributed by atoms with Gasteiger partial charge in [0, 0.05) is 18.2 Å². The fraction of sp³-hybridized carbons (Fsp3) is 0.0500. The molecule has 0 unspecified atom stereocenters. The lowest BCUT2D eigenvalue weighted by Gasteiger charge is -2.28. The number of benzene rings is 3. The van der Waals surface area contributed by atoms with Crippen molar-refractivity contribution in [2.24, 2.45) is 0 Å². The molecular formula is C20H14FNO4S. The first-order chi connectivity index (χ1) is 12.8.